The normalized spacial score (nSPS) is 17.7. The summed E-state index contributed by atoms with van der Waals surface area (Å²) in [4.78, 5) is 11.0. The number of rotatable bonds is 5. The van der Waals surface area contributed by atoms with Crippen molar-refractivity contribution in [2.75, 3.05) is 13.2 Å². The monoisotopic (exact) mass is 265 g/mol. The molecule has 2 rings (SSSR count). The molecule has 1 aliphatic rings. The number of ether oxygens (including phenoxy) is 2. The minimum Gasteiger partial charge on any atom is -0.490 e. The van der Waals surface area contributed by atoms with Crippen molar-refractivity contribution < 1.29 is 19.4 Å². The van der Waals surface area contributed by atoms with E-state index in [0.29, 0.717) is 31.9 Å². The molecule has 1 heterocycles. The summed E-state index contributed by atoms with van der Waals surface area (Å²) in [5.41, 5.74) is 2.09. The van der Waals surface area contributed by atoms with Gasteiger partial charge in [-0.3, -0.25) is 4.79 Å². The zero-order valence-corrected chi connectivity index (χ0v) is 11.2. The van der Waals surface area contributed by atoms with Gasteiger partial charge in [0.25, 0.3) is 0 Å². The van der Waals surface area contributed by atoms with Gasteiger partial charge in [0.15, 0.2) is 11.5 Å². The Hall–Kier alpha value is -1.75. The third kappa shape index (κ3) is 2.98. The Morgan fingerprint density at radius 1 is 1.26 bits per heavy atom. The molecule has 0 aliphatic carbocycles. The summed E-state index contributed by atoms with van der Waals surface area (Å²) in [6.07, 6.45) is 0.469. The lowest BCUT2D eigenvalue weighted by atomic mass is 9.95. The molecule has 0 saturated carbocycles. The first-order valence-electron chi connectivity index (χ1n) is 6.53. The van der Waals surface area contributed by atoms with Crippen LogP contribution in [0, 0.1) is 0 Å². The molecule has 2 N–H and O–H groups in total. The Labute approximate surface area is 112 Å². The molecule has 0 amide bonds. The Morgan fingerprint density at radius 3 is 2.37 bits per heavy atom. The zero-order chi connectivity index (χ0) is 13.8. The van der Waals surface area contributed by atoms with Crippen LogP contribution >= 0.6 is 0 Å². The number of hydrogen-bond acceptors (Lipinski definition) is 4. The van der Waals surface area contributed by atoms with Gasteiger partial charge in [0.05, 0.1) is 13.2 Å². The molecule has 0 aromatic heterocycles. The molecule has 0 spiro atoms. The first-order chi connectivity index (χ1) is 9.15. The lowest BCUT2D eigenvalue weighted by Gasteiger charge is -2.24. The van der Waals surface area contributed by atoms with E-state index in [1.54, 1.807) is 0 Å². The van der Waals surface area contributed by atoms with Gasteiger partial charge in [0.2, 0.25) is 0 Å². The van der Waals surface area contributed by atoms with Crippen LogP contribution in [0.3, 0.4) is 0 Å². The minimum absolute atomic E-state index is 0.469. The smallest absolute Gasteiger partial charge is 0.321 e. The Kier molecular flexibility index (Phi) is 4.27. The van der Waals surface area contributed by atoms with E-state index >= 15 is 0 Å². The third-order valence-electron chi connectivity index (χ3n) is 3.13. The minimum atomic E-state index is -0.822. The van der Waals surface area contributed by atoms with Crippen LogP contribution in [0.1, 0.15) is 25.0 Å². The van der Waals surface area contributed by atoms with Gasteiger partial charge < -0.3 is 19.9 Å². The third-order valence-corrected chi connectivity index (χ3v) is 3.13. The fraction of sp³-hybridized carbons (Fsp3) is 0.500. The van der Waals surface area contributed by atoms with Crippen LogP contribution < -0.4 is 14.8 Å². The Morgan fingerprint density at radius 2 is 1.84 bits per heavy atom. The van der Waals surface area contributed by atoms with Gasteiger partial charge in [0.1, 0.15) is 6.04 Å². The van der Waals surface area contributed by atoms with Crippen LogP contribution in [-0.2, 0) is 17.8 Å². The summed E-state index contributed by atoms with van der Waals surface area (Å²) < 4.78 is 11.1. The van der Waals surface area contributed by atoms with E-state index in [-0.39, 0.29) is 0 Å². The van der Waals surface area contributed by atoms with Crippen LogP contribution in [0.15, 0.2) is 12.1 Å². The number of carbonyl (C=O) groups is 1. The SMILES string of the molecule is CCOc1cc2c(cc1OCC)CC(C(=O)O)NC2. The van der Waals surface area contributed by atoms with Crippen molar-refractivity contribution in [3.63, 3.8) is 0 Å². The molecular weight excluding hydrogens is 246 g/mol. The second-order valence-corrected chi connectivity index (χ2v) is 4.41. The average Bonchev–Trinajstić information content (AvgIpc) is 2.39. The van der Waals surface area contributed by atoms with E-state index in [1.165, 1.54) is 0 Å². The molecule has 1 aromatic rings. The number of carboxylic acids is 1. The highest BCUT2D eigenvalue weighted by Crippen LogP contribution is 2.33. The van der Waals surface area contributed by atoms with Crippen LogP contribution in [0.25, 0.3) is 0 Å². The molecule has 0 saturated heterocycles. The molecule has 1 aliphatic heterocycles. The highest BCUT2D eigenvalue weighted by atomic mass is 16.5. The van der Waals surface area contributed by atoms with E-state index in [4.69, 9.17) is 14.6 Å². The van der Waals surface area contributed by atoms with Gasteiger partial charge in [-0.15, -0.1) is 0 Å². The van der Waals surface area contributed by atoms with Crippen LogP contribution in [0.2, 0.25) is 0 Å². The first-order valence-corrected chi connectivity index (χ1v) is 6.53. The van der Waals surface area contributed by atoms with Gasteiger partial charge in [-0.2, -0.15) is 0 Å². The molecule has 5 heteroatoms. The van der Waals surface area contributed by atoms with Gasteiger partial charge in [-0.1, -0.05) is 0 Å². The number of nitrogens with one attached hydrogen (secondary N) is 1. The summed E-state index contributed by atoms with van der Waals surface area (Å²) in [5, 5.41) is 12.1. The molecule has 0 radical (unpaired) electrons. The maximum Gasteiger partial charge on any atom is 0.321 e. The predicted octanol–water partition coefficient (Wildman–Crippen LogP) is 1.58. The van der Waals surface area contributed by atoms with Crippen molar-refractivity contribution in [1.82, 2.24) is 5.32 Å². The quantitative estimate of drug-likeness (QED) is 0.846. The fourth-order valence-corrected chi connectivity index (χ4v) is 2.24. The lowest BCUT2D eigenvalue weighted by Crippen LogP contribution is -2.41. The molecule has 1 unspecified atom stereocenters. The largest absolute Gasteiger partial charge is 0.490 e. The van der Waals surface area contributed by atoms with Crippen molar-refractivity contribution in [3.8, 4) is 11.5 Å². The summed E-state index contributed by atoms with van der Waals surface area (Å²) in [7, 11) is 0. The number of aliphatic carboxylic acids is 1. The van der Waals surface area contributed by atoms with Gasteiger partial charge >= 0.3 is 5.97 Å². The summed E-state index contributed by atoms with van der Waals surface area (Å²) in [5.74, 6) is 0.588. The van der Waals surface area contributed by atoms with E-state index < -0.39 is 12.0 Å². The standard InChI is InChI=1S/C14H19NO4/c1-3-18-12-6-9-5-11(14(16)17)15-8-10(9)7-13(12)19-4-2/h6-7,11,15H,3-5,8H2,1-2H3,(H,16,17). The number of benzene rings is 1. The fourth-order valence-electron chi connectivity index (χ4n) is 2.24. The Balaban J connectivity index is 2.31. The molecule has 104 valence electrons. The van der Waals surface area contributed by atoms with E-state index in [2.05, 4.69) is 5.32 Å². The highest BCUT2D eigenvalue weighted by Gasteiger charge is 2.25. The van der Waals surface area contributed by atoms with E-state index in [9.17, 15) is 4.79 Å². The summed E-state index contributed by atoms with van der Waals surface area (Å²) in [6.45, 7) is 5.51. The second-order valence-electron chi connectivity index (χ2n) is 4.41. The van der Waals surface area contributed by atoms with Crippen molar-refractivity contribution in [3.05, 3.63) is 23.3 Å². The highest BCUT2D eigenvalue weighted by molar-refractivity contribution is 5.74. The molecule has 1 aromatic carbocycles. The average molecular weight is 265 g/mol. The molecule has 0 bridgehead atoms. The Bertz CT molecular complexity index is 473. The molecule has 0 fully saturated rings. The molecule has 5 nitrogen and oxygen atoms in total. The summed E-state index contributed by atoms with van der Waals surface area (Å²) >= 11 is 0. The van der Waals surface area contributed by atoms with Crippen LogP contribution in [0.4, 0.5) is 0 Å². The molecule has 1 atom stereocenters. The second kappa shape index (κ2) is 5.93. The van der Waals surface area contributed by atoms with Crippen LogP contribution in [0.5, 0.6) is 11.5 Å². The van der Waals surface area contributed by atoms with Gasteiger partial charge in [0, 0.05) is 6.54 Å². The molecule has 19 heavy (non-hydrogen) atoms. The summed E-state index contributed by atoms with van der Waals surface area (Å²) in [6, 6.07) is 3.31. The maximum atomic E-state index is 11.0. The first kappa shape index (κ1) is 13.7. The van der Waals surface area contributed by atoms with Crippen molar-refractivity contribution in [2.24, 2.45) is 0 Å². The van der Waals surface area contributed by atoms with Crippen molar-refractivity contribution >= 4 is 5.97 Å². The predicted molar refractivity (Wildman–Crippen MR) is 70.7 cm³/mol. The van der Waals surface area contributed by atoms with Gasteiger partial charge in [-0.05, 0) is 43.5 Å². The zero-order valence-electron chi connectivity index (χ0n) is 11.2. The van der Waals surface area contributed by atoms with Crippen molar-refractivity contribution in [2.45, 2.75) is 32.9 Å². The van der Waals surface area contributed by atoms with E-state index in [1.807, 2.05) is 26.0 Å². The van der Waals surface area contributed by atoms with Crippen molar-refractivity contribution in [1.29, 1.82) is 0 Å². The number of fused-ring (bicyclic) bond motifs is 1. The lowest BCUT2D eigenvalue weighted by molar-refractivity contribution is -0.139. The van der Waals surface area contributed by atoms with Crippen LogP contribution in [-0.4, -0.2) is 30.3 Å². The number of carboxylic acid groups (broad SMARTS) is 1. The van der Waals surface area contributed by atoms with E-state index in [0.717, 1.165) is 16.9 Å². The number of hydrogen-bond donors (Lipinski definition) is 2. The molecular formula is C14H19NO4. The van der Waals surface area contributed by atoms with Gasteiger partial charge in [-0.25, -0.2) is 0 Å². The topological polar surface area (TPSA) is 67.8 Å². The maximum absolute atomic E-state index is 11.0.